The van der Waals surface area contributed by atoms with Gasteiger partial charge in [0.2, 0.25) is 0 Å². The first-order chi connectivity index (χ1) is 15.6. The molecule has 0 saturated heterocycles. The predicted octanol–water partition coefficient (Wildman–Crippen LogP) is 5.62. The SMILES string of the molecule is CC(C)(C)c1ccc2c(c1)-c1ccccc1[Si]21c2ccccc2-c2cc(C(C)(C)C)ccc21. The molecular formula is C32H32Si. The van der Waals surface area contributed by atoms with Gasteiger partial charge in [-0.1, -0.05) is 126 Å². The van der Waals surface area contributed by atoms with Crippen LogP contribution in [0.15, 0.2) is 84.9 Å². The van der Waals surface area contributed by atoms with Crippen molar-refractivity contribution in [1.82, 2.24) is 0 Å². The van der Waals surface area contributed by atoms with Crippen molar-refractivity contribution in [2.45, 2.75) is 52.4 Å². The van der Waals surface area contributed by atoms with Crippen molar-refractivity contribution >= 4 is 28.8 Å². The molecule has 0 atom stereocenters. The number of hydrogen-bond acceptors (Lipinski definition) is 0. The molecule has 0 aromatic heterocycles. The van der Waals surface area contributed by atoms with Crippen LogP contribution in [0.1, 0.15) is 52.7 Å². The summed E-state index contributed by atoms with van der Waals surface area (Å²) in [6, 6.07) is 33.2. The number of rotatable bonds is 0. The molecule has 0 radical (unpaired) electrons. The molecule has 4 aromatic carbocycles. The molecule has 2 aliphatic heterocycles. The maximum absolute atomic E-state index is 2.49. The average Bonchev–Trinajstić information content (AvgIpc) is 3.24. The molecule has 6 rings (SSSR count). The monoisotopic (exact) mass is 444 g/mol. The van der Waals surface area contributed by atoms with Gasteiger partial charge in [0.1, 0.15) is 0 Å². The zero-order valence-electron chi connectivity index (χ0n) is 20.6. The Labute approximate surface area is 199 Å². The van der Waals surface area contributed by atoms with Crippen LogP contribution in [-0.2, 0) is 10.8 Å². The van der Waals surface area contributed by atoms with Crippen molar-refractivity contribution in [2.24, 2.45) is 0 Å². The Balaban J connectivity index is 1.75. The maximum atomic E-state index is 2.49. The maximum Gasteiger partial charge on any atom is 0.182 e. The highest BCUT2D eigenvalue weighted by Gasteiger charge is 2.54. The van der Waals surface area contributed by atoms with E-state index in [1.807, 2.05) is 0 Å². The molecule has 0 unspecified atom stereocenters. The molecule has 0 fully saturated rings. The Morgan fingerprint density at radius 2 is 0.788 bits per heavy atom. The normalized spacial score (nSPS) is 15.2. The summed E-state index contributed by atoms with van der Waals surface area (Å²) in [5, 5.41) is 6.24. The third kappa shape index (κ3) is 2.69. The molecule has 2 aliphatic rings. The van der Waals surface area contributed by atoms with Crippen LogP contribution in [-0.4, -0.2) is 8.07 Å². The summed E-state index contributed by atoms with van der Waals surface area (Å²) in [7, 11) is -2.32. The van der Waals surface area contributed by atoms with E-state index in [1.165, 1.54) is 33.4 Å². The third-order valence-corrected chi connectivity index (χ3v) is 12.8. The van der Waals surface area contributed by atoms with Crippen molar-refractivity contribution in [3.8, 4) is 22.3 Å². The molecule has 2 heterocycles. The summed E-state index contributed by atoms with van der Waals surface area (Å²) < 4.78 is 0. The van der Waals surface area contributed by atoms with Crippen molar-refractivity contribution in [2.75, 3.05) is 0 Å². The van der Waals surface area contributed by atoms with Gasteiger partial charge in [0.25, 0.3) is 0 Å². The fourth-order valence-electron chi connectivity index (χ4n) is 6.08. The molecule has 0 N–H and O–H groups in total. The van der Waals surface area contributed by atoms with Gasteiger partial charge in [-0.05, 0) is 65.0 Å². The minimum absolute atomic E-state index is 0.133. The van der Waals surface area contributed by atoms with Gasteiger partial charge >= 0.3 is 0 Å². The van der Waals surface area contributed by atoms with Gasteiger partial charge < -0.3 is 0 Å². The lowest BCUT2D eigenvalue weighted by Crippen LogP contribution is -2.70. The lowest BCUT2D eigenvalue weighted by molar-refractivity contribution is 0.590. The third-order valence-electron chi connectivity index (χ3n) is 7.82. The van der Waals surface area contributed by atoms with Crippen LogP contribution in [0.25, 0.3) is 22.3 Å². The molecule has 0 nitrogen and oxygen atoms in total. The van der Waals surface area contributed by atoms with Crippen molar-refractivity contribution in [3.05, 3.63) is 96.1 Å². The van der Waals surface area contributed by atoms with Gasteiger partial charge in [0.15, 0.2) is 8.07 Å². The second kappa shape index (κ2) is 6.58. The van der Waals surface area contributed by atoms with Gasteiger partial charge in [0, 0.05) is 0 Å². The second-order valence-electron chi connectivity index (χ2n) is 11.9. The highest BCUT2D eigenvalue weighted by Crippen LogP contribution is 2.38. The number of benzene rings is 4. The first kappa shape index (κ1) is 20.7. The quantitative estimate of drug-likeness (QED) is 0.267. The Kier molecular flexibility index (Phi) is 4.12. The summed E-state index contributed by atoms with van der Waals surface area (Å²) in [4.78, 5) is 0. The summed E-state index contributed by atoms with van der Waals surface area (Å²) in [6.07, 6.45) is 0. The van der Waals surface area contributed by atoms with E-state index in [0.717, 1.165) is 0 Å². The van der Waals surface area contributed by atoms with Crippen LogP contribution in [0.5, 0.6) is 0 Å². The fraction of sp³-hybridized carbons (Fsp3) is 0.250. The largest absolute Gasteiger partial charge is 0.182 e. The molecule has 33 heavy (non-hydrogen) atoms. The van der Waals surface area contributed by atoms with E-state index < -0.39 is 8.07 Å². The Morgan fingerprint density at radius 3 is 1.18 bits per heavy atom. The van der Waals surface area contributed by atoms with Crippen LogP contribution in [0.3, 0.4) is 0 Å². The van der Waals surface area contributed by atoms with E-state index in [0.29, 0.717) is 0 Å². The van der Waals surface area contributed by atoms with Crippen LogP contribution in [0.2, 0.25) is 0 Å². The van der Waals surface area contributed by atoms with Gasteiger partial charge in [-0.15, -0.1) is 0 Å². The van der Waals surface area contributed by atoms with Gasteiger partial charge in [-0.3, -0.25) is 0 Å². The summed E-state index contributed by atoms with van der Waals surface area (Å²) in [5.74, 6) is 0. The number of hydrogen-bond donors (Lipinski definition) is 0. The van der Waals surface area contributed by atoms with E-state index >= 15 is 0 Å². The Bertz CT molecular complexity index is 1310. The zero-order chi connectivity index (χ0) is 23.2. The van der Waals surface area contributed by atoms with Gasteiger partial charge in [-0.2, -0.15) is 0 Å². The Morgan fingerprint density at radius 1 is 0.424 bits per heavy atom. The lowest BCUT2D eigenvalue weighted by Gasteiger charge is -2.29. The van der Waals surface area contributed by atoms with Crippen LogP contribution >= 0.6 is 0 Å². The molecule has 0 aliphatic carbocycles. The predicted molar refractivity (Wildman–Crippen MR) is 145 cm³/mol. The fourth-order valence-corrected chi connectivity index (χ4v) is 11.6. The van der Waals surface area contributed by atoms with E-state index in [4.69, 9.17) is 0 Å². The van der Waals surface area contributed by atoms with Crippen molar-refractivity contribution < 1.29 is 0 Å². The smallest absolute Gasteiger partial charge is 0.0623 e. The summed E-state index contributed by atoms with van der Waals surface area (Å²) in [5.41, 5.74) is 8.87. The standard InChI is InChI=1S/C32H32Si/c1-31(2,3)21-15-17-29-25(19-21)23-11-7-9-13-27(23)33(29)28-14-10-8-12-24(28)26-20-22(32(4,5)6)16-18-30(26)33/h7-20H,1-6H3. The molecule has 1 heteroatoms. The van der Waals surface area contributed by atoms with Crippen LogP contribution in [0.4, 0.5) is 0 Å². The second-order valence-corrected chi connectivity index (χ2v) is 15.5. The van der Waals surface area contributed by atoms with E-state index in [9.17, 15) is 0 Å². The molecule has 4 aromatic rings. The van der Waals surface area contributed by atoms with E-state index in [-0.39, 0.29) is 10.8 Å². The van der Waals surface area contributed by atoms with Crippen molar-refractivity contribution in [3.63, 3.8) is 0 Å². The summed E-state index contributed by atoms with van der Waals surface area (Å²) >= 11 is 0. The van der Waals surface area contributed by atoms with Crippen LogP contribution < -0.4 is 20.7 Å². The minimum Gasteiger partial charge on any atom is -0.0623 e. The zero-order valence-corrected chi connectivity index (χ0v) is 21.6. The van der Waals surface area contributed by atoms with Crippen LogP contribution in [0, 0.1) is 0 Å². The lowest BCUT2D eigenvalue weighted by atomic mass is 9.85. The first-order valence-electron chi connectivity index (χ1n) is 12.1. The topological polar surface area (TPSA) is 0 Å². The van der Waals surface area contributed by atoms with E-state index in [1.54, 1.807) is 20.7 Å². The molecule has 0 bridgehead atoms. The summed E-state index contributed by atoms with van der Waals surface area (Å²) in [6.45, 7) is 13.9. The highest BCUT2D eigenvalue weighted by molar-refractivity contribution is 7.24. The molecule has 164 valence electrons. The number of fused-ring (bicyclic) bond motifs is 10. The highest BCUT2D eigenvalue weighted by atomic mass is 28.3. The molecular weight excluding hydrogens is 412 g/mol. The average molecular weight is 445 g/mol. The van der Waals surface area contributed by atoms with E-state index in [2.05, 4.69) is 126 Å². The van der Waals surface area contributed by atoms with Crippen molar-refractivity contribution in [1.29, 1.82) is 0 Å². The first-order valence-corrected chi connectivity index (χ1v) is 14.1. The molecule has 0 saturated carbocycles. The van der Waals surface area contributed by atoms with Gasteiger partial charge in [0.05, 0.1) is 0 Å². The molecule has 0 amide bonds. The van der Waals surface area contributed by atoms with Gasteiger partial charge in [-0.25, -0.2) is 0 Å². The molecule has 1 spiro atoms. The minimum atomic E-state index is -2.32. The Hall–Kier alpha value is -2.90.